The minimum absolute atomic E-state index is 0.105. The van der Waals surface area contributed by atoms with Crippen LogP contribution >= 0.6 is 0 Å². The summed E-state index contributed by atoms with van der Waals surface area (Å²) in [6, 6.07) is 16.7. The van der Waals surface area contributed by atoms with E-state index in [0.29, 0.717) is 5.56 Å². The molecule has 1 saturated heterocycles. The van der Waals surface area contributed by atoms with Crippen LogP contribution in [0.4, 0.5) is 0 Å². The zero-order chi connectivity index (χ0) is 31.4. The van der Waals surface area contributed by atoms with Gasteiger partial charge in [-0.1, -0.05) is 36.4 Å². The number of hydrogen-bond acceptors (Lipinski definition) is 10. The first-order chi connectivity index (χ1) is 20.2. The maximum atomic E-state index is 13.7. The van der Waals surface area contributed by atoms with Gasteiger partial charge >= 0.3 is 23.9 Å². The van der Waals surface area contributed by atoms with Gasteiger partial charge in [-0.05, 0) is 64.8 Å². The molecule has 8 unspecified atom stereocenters. The predicted molar refractivity (Wildman–Crippen MR) is 152 cm³/mol. The van der Waals surface area contributed by atoms with E-state index in [2.05, 4.69) is 0 Å². The van der Waals surface area contributed by atoms with Gasteiger partial charge < -0.3 is 28.8 Å². The zero-order valence-electron chi connectivity index (χ0n) is 25.2. The van der Waals surface area contributed by atoms with Crippen LogP contribution in [0.1, 0.15) is 75.1 Å². The van der Waals surface area contributed by atoms with Gasteiger partial charge in [0.15, 0.2) is 6.10 Å². The molecule has 0 aromatic heterocycles. The highest BCUT2D eigenvalue weighted by atomic mass is 16.6. The van der Waals surface area contributed by atoms with Gasteiger partial charge in [-0.15, -0.1) is 0 Å². The lowest BCUT2D eigenvalue weighted by Crippen LogP contribution is -2.81. The minimum Gasteiger partial charge on any atom is -0.459 e. The SMILES string of the molecule is CC(=O)OC1C2C(OC(C)=O)C3(OC2(C)C)C(C)(O)CCC(OC(=O)c2ccccc2)C3(C)C1OC(=O)c1ccccc1. The standard InChI is InChI=1S/C33H38O10/c1-19(34)39-25-24-26(40-20(2)35)33(43-30(24,3)4)31(5,38)18-17-23(41-28(36)21-13-9-7-10-14-21)32(33,6)27(25)42-29(37)22-15-11-8-12-16-22/h7-16,23-27,38H,17-18H2,1-6H3. The highest BCUT2D eigenvalue weighted by Gasteiger charge is 2.85. The molecule has 10 heteroatoms. The lowest BCUT2D eigenvalue weighted by molar-refractivity contribution is -0.335. The Morgan fingerprint density at radius 3 is 1.77 bits per heavy atom. The lowest BCUT2D eigenvalue weighted by atomic mass is 9.47. The molecule has 2 aliphatic carbocycles. The Morgan fingerprint density at radius 1 is 0.744 bits per heavy atom. The van der Waals surface area contributed by atoms with Crippen LogP contribution in [0.3, 0.4) is 0 Å². The largest absolute Gasteiger partial charge is 0.459 e. The molecule has 2 bridgehead atoms. The number of esters is 4. The van der Waals surface area contributed by atoms with E-state index in [1.807, 2.05) is 0 Å². The van der Waals surface area contributed by atoms with E-state index in [0.717, 1.165) is 0 Å². The fourth-order valence-electron chi connectivity index (χ4n) is 7.76. The van der Waals surface area contributed by atoms with Crippen molar-refractivity contribution in [3.63, 3.8) is 0 Å². The molecule has 0 amide bonds. The van der Waals surface area contributed by atoms with Gasteiger partial charge in [0.1, 0.15) is 23.9 Å². The van der Waals surface area contributed by atoms with Crippen LogP contribution in [-0.4, -0.2) is 70.2 Å². The van der Waals surface area contributed by atoms with E-state index in [9.17, 15) is 24.3 Å². The maximum absolute atomic E-state index is 13.7. The molecule has 1 aliphatic heterocycles. The third kappa shape index (κ3) is 4.80. The van der Waals surface area contributed by atoms with E-state index in [1.165, 1.54) is 13.8 Å². The molecule has 10 nitrogen and oxygen atoms in total. The normalized spacial score (nSPS) is 35.7. The lowest BCUT2D eigenvalue weighted by Gasteiger charge is -2.65. The zero-order valence-corrected chi connectivity index (χ0v) is 25.2. The number of fused-ring (bicyclic) bond motifs is 1. The van der Waals surface area contributed by atoms with Crippen LogP contribution in [0.2, 0.25) is 0 Å². The highest BCUT2D eigenvalue weighted by molar-refractivity contribution is 5.90. The third-order valence-electron chi connectivity index (χ3n) is 9.46. The van der Waals surface area contributed by atoms with Crippen molar-refractivity contribution in [1.29, 1.82) is 0 Å². The molecular formula is C33H38O10. The van der Waals surface area contributed by atoms with Crippen LogP contribution in [0, 0.1) is 11.3 Å². The van der Waals surface area contributed by atoms with Crippen molar-refractivity contribution in [1.82, 2.24) is 0 Å². The van der Waals surface area contributed by atoms with Crippen molar-refractivity contribution < 1.29 is 48.0 Å². The summed E-state index contributed by atoms with van der Waals surface area (Å²) in [5.74, 6) is -3.51. The second-order valence-electron chi connectivity index (χ2n) is 12.6. The van der Waals surface area contributed by atoms with Gasteiger partial charge in [-0.25, -0.2) is 9.59 Å². The minimum atomic E-state index is -1.75. The van der Waals surface area contributed by atoms with Crippen LogP contribution < -0.4 is 0 Å². The Kier molecular flexibility index (Phi) is 7.67. The summed E-state index contributed by atoms with van der Waals surface area (Å²) in [4.78, 5) is 52.4. The first-order valence-electron chi connectivity index (χ1n) is 14.4. The molecule has 1 N–H and O–H groups in total. The van der Waals surface area contributed by atoms with Gasteiger partial charge in [-0.2, -0.15) is 0 Å². The molecule has 230 valence electrons. The molecule has 2 aromatic carbocycles. The van der Waals surface area contributed by atoms with E-state index >= 15 is 0 Å². The summed E-state index contributed by atoms with van der Waals surface area (Å²) in [5.41, 5.74) is -5.62. The maximum Gasteiger partial charge on any atom is 0.338 e. The van der Waals surface area contributed by atoms with Crippen molar-refractivity contribution in [2.75, 3.05) is 0 Å². The van der Waals surface area contributed by atoms with Crippen molar-refractivity contribution >= 4 is 23.9 Å². The molecule has 0 radical (unpaired) electrons. The molecule has 2 saturated carbocycles. The predicted octanol–water partition coefficient (Wildman–Crippen LogP) is 4.03. The highest BCUT2D eigenvalue weighted by Crippen LogP contribution is 2.69. The number of carbonyl (C=O) groups excluding carboxylic acids is 4. The third-order valence-corrected chi connectivity index (χ3v) is 9.46. The van der Waals surface area contributed by atoms with Gasteiger partial charge in [0.25, 0.3) is 0 Å². The van der Waals surface area contributed by atoms with E-state index in [-0.39, 0.29) is 18.4 Å². The number of aliphatic hydroxyl groups is 1. The van der Waals surface area contributed by atoms with Crippen LogP contribution in [0.15, 0.2) is 60.7 Å². The summed E-state index contributed by atoms with van der Waals surface area (Å²) in [6.07, 6.45) is -4.42. The Morgan fingerprint density at radius 2 is 1.26 bits per heavy atom. The molecule has 1 heterocycles. The van der Waals surface area contributed by atoms with Crippen LogP contribution in [0.25, 0.3) is 0 Å². The monoisotopic (exact) mass is 594 g/mol. The quantitative estimate of drug-likeness (QED) is 0.386. The summed E-state index contributed by atoms with van der Waals surface area (Å²) in [5, 5.41) is 12.2. The summed E-state index contributed by atoms with van der Waals surface area (Å²) in [6.45, 7) is 9.23. The first-order valence-corrected chi connectivity index (χ1v) is 14.4. The van der Waals surface area contributed by atoms with Gasteiger partial charge in [0, 0.05) is 13.8 Å². The second-order valence-corrected chi connectivity index (χ2v) is 12.6. The van der Waals surface area contributed by atoms with E-state index in [4.69, 9.17) is 23.7 Å². The number of carbonyl (C=O) groups is 4. The van der Waals surface area contributed by atoms with Gasteiger partial charge in [0.2, 0.25) is 0 Å². The number of ether oxygens (including phenoxy) is 5. The second kappa shape index (κ2) is 10.7. The molecule has 3 aliphatic rings. The average molecular weight is 595 g/mol. The molecule has 8 atom stereocenters. The van der Waals surface area contributed by atoms with Gasteiger partial charge in [-0.3, -0.25) is 9.59 Å². The number of rotatable bonds is 6. The van der Waals surface area contributed by atoms with Crippen molar-refractivity contribution in [2.24, 2.45) is 11.3 Å². The van der Waals surface area contributed by atoms with Crippen molar-refractivity contribution in [3.8, 4) is 0 Å². The number of benzene rings is 2. The fourth-order valence-corrected chi connectivity index (χ4v) is 7.76. The molecule has 1 spiro atoms. The Bertz CT molecular complexity index is 1400. The molecular weight excluding hydrogens is 556 g/mol. The smallest absolute Gasteiger partial charge is 0.338 e. The summed E-state index contributed by atoms with van der Waals surface area (Å²) >= 11 is 0. The fraction of sp³-hybridized carbons (Fsp3) is 0.515. The van der Waals surface area contributed by atoms with Crippen LogP contribution in [0.5, 0.6) is 0 Å². The van der Waals surface area contributed by atoms with Crippen molar-refractivity contribution in [3.05, 3.63) is 71.8 Å². The average Bonchev–Trinajstić information content (AvgIpc) is 3.15. The van der Waals surface area contributed by atoms with Gasteiger partial charge in [0.05, 0.1) is 33.7 Å². The van der Waals surface area contributed by atoms with Crippen molar-refractivity contribution in [2.45, 2.75) is 95.6 Å². The topological polar surface area (TPSA) is 135 Å². The first kappa shape index (κ1) is 30.7. The Balaban J connectivity index is 1.74. The molecule has 43 heavy (non-hydrogen) atoms. The Labute approximate surface area is 250 Å². The molecule has 3 fully saturated rings. The number of hydrogen-bond donors (Lipinski definition) is 1. The molecule has 5 rings (SSSR count). The Hall–Kier alpha value is -3.76. The van der Waals surface area contributed by atoms with Crippen LogP contribution in [-0.2, 0) is 33.3 Å². The summed E-state index contributed by atoms with van der Waals surface area (Å²) in [7, 11) is 0. The molecule has 2 aromatic rings. The van der Waals surface area contributed by atoms with E-state index in [1.54, 1.807) is 88.4 Å². The summed E-state index contributed by atoms with van der Waals surface area (Å²) < 4.78 is 31.2. The van der Waals surface area contributed by atoms with E-state index < -0.39 is 76.4 Å².